The van der Waals surface area contributed by atoms with Gasteiger partial charge < -0.3 is 9.47 Å². The molecule has 0 N–H and O–H groups in total. The van der Waals surface area contributed by atoms with E-state index >= 15 is 0 Å². The van der Waals surface area contributed by atoms with E-state index in [0.717, 1.165) is 35.3 Å². The van der Waals surface area contributed by atoms with E-state index in [0.29, 0.717) is 17.4 Å². The van der Waals surface area contributed by atoms with E-state index in [1.165, 1.54) is 0 Å². The second kappa shape index (κ2) is 8.57. The number of methoxy groups -OCH3 is 2. The van der Waals surface area contributed by atoms with Crippen molar-refractivity contribution in [2.24, 2.45) is 0 Å². The summed E-state index contributed by atoms with van der Waals surface area (Å²) in [4.78, 5) is 9.38. The molecule has 22 heavy (non-hydrogen) atoms. The number of aromatic nitrogens is 2. The van der Waals surface area contributed by atoms with Crippen LogP contribution in [0.25, 0.3) is 10.9 Å². The molecule has 0 saturated heterocycles. The van der Waals surface area contributed by atoms with Crippen molar-refractivity contribution in [3.63, 3.8) is 0 Å². The summed E-state index contributed by atoms with van der Waals surface area (Å²) < 4.78 is 10.7. The van der Waals surface area contributed by atoms with Gasteiger partial charge in [0.25, 0.3) is 0 Å². The number of hydrogen-bond donors (Lipinski definition) is 0. The van der Waals surface area contributed by atoms with Crippen LogP contribution in [0.5, 0.6) is 11.5 Å². The largest absolute Gasteiger partial charge is 0.493 e. The second-order valence-electron chi connectivity index (χ2n) is 4.90. The van der Waals surface area contributed by atoms with E-state index in [1.54, 1.807) is 14.2 Å². The fourth-order valence-corrected chi connectivity index (χ4v) is 2.47. The van der Waals surface area contributed by atoms with E-state index < -0.39 is 0 Å². The number of ether oxygens (including phenoxy) is 2. The molecule has 2 aromatic rings. The Morgan fingerprint density at radius 2 is 1.50 bits per heavy atom. The number of nitrogens with zero attached hydrogens (tertiary/aromatic N) is 2. The van der Waals surface area contributed by atoms with E-state index in [1.807, 2.05) is 32.9 Å². The lowest BCUT2D eigenvalue weighted by Crippen LogP contribution is -2.05. The smallest absolute Gasteiger partial charge is 0.162 e. The molecule has 0 aliphatic carbocycles. The van der Waals surface area contributed by atoms with Crippen LogP contribution in [-0.2, 0) is 0 Å². The topological polar surface area (TPSA) is 44.2 Å². The Morgan fingerprint density at radius 1 is 0.955 bits per heavy atom. The molecule has 0 amide bonds. The summed E-state index contributed by atoms with van der Waals surface area (Å²) in [6.07, 6.45) is 2.10. The third kappa shape index (κ3) is 3.67. The standard InChI is InChI=1S/C16H22N2O2.C2H6/c1-6-11(7-2)16-17-10(3)12-8-14(19-4)15(20-5)9-13(12)18-16;1-2/h8-9,11H,6-7H2,1-5H3;1-2H3. The second-order valence-corrected chi connectivity index (χ2v) is 4.90. The maximum Gasteiger partial charge on any atom is 0.162 e. The van der Waals surface area contributed by atoms with Crippen molar-refractivity contribution >= 4 is 10.9 Å². The molecule has 4 heteroatoms. The van der Waals surface area contributed by atoms with Crippen LogP contribution in [0.4, 0.5) is 0 Å². The van der Waals surface area contributed by atoms with Gasteiger partial charge in [0.15, 0.2) is 11.5 Å². The lowest BCUT2D eigenvalue weighted by Gasteiger charge is -2.14. The van der Waals surface area contributed by atoms with Gasteiger partial charge >= 0.3 is 0 Å². The van der Waals surface area contributed by atoms with Crippen LogP contribution in [0, 0.1) is 6.92 Å². The molecule has 1 heterocycles. The van der Waals surface area contributed by atoms with Gasteiger partial charge in [-0.05, 0) is 25.8 Å². The van der Waals surface area contributed by atoms with Gasteiger partial charge in [0, 0.05) is 23.1 Å². The fraction of sp³-hybridized carbons (Fsp3) is 0.556. The molecular formula is C18H28N2O2. The highest BCUT2D eigenvalue weighted by Crippen LogP contribution is 2.33. The average Bonchev–Trinajstić information content (AvgIpc) is 2.56. The van der Waals surface area contributed by atoms with E-state index in [-0.39, 0.29) is 0 Å². The summed E-state index contributed by atoms with van der Waals surface area (Å²) in [5.41, 5.74) is 1.90. The van der Waals surface area contributed by atoms with Gasteiger partial charge in [-0.25, -0.2) is 9.97 Å². The van der Waals surface area contributed by atoms with Crippen molar-refractivity contribution in [3.8, 4) is 11.5 Å². The predicted octanol–water partition coefficient (Wildman–Crippen LogP) is 4.89. The van der Waals surface area contributed by atoms with Crippen molar-refractivity contribution in [3.05, 3.63) is 23.7 Å². The molecule has 122 valence electrons. The molecule has 0 saturated carbocycles. The Hall–Kier alpha value is -1.84. The first kappa shape index (κ1) is 18.2. The van der Waals surface area contributed by atoms with Gasteiger partial charge in [0.05, 0.1) is 19.7 Å². The summed E-state index contributed by atoms with van der Waals surface area (Å²) >= 11 is 0. The number of rotatable bonds is 5. The highest BCUT2D eigenvalue weighted by molar-refractivity contribution is 5.84. The van der Waals surface area contributed by atoms with Crippen LogP contribution in [0.3, 0.4) is 0 Å². The van der Waals surface area contributed by atoms with Crippen molar-refractivity contribution in [1.82, 2.24) is 9.97 Å². The summed E-state index contributed by atoms with van der Waals surface area (Å²) in [6.45, 7) is 10.4. The lowest BCUT2D eigenvalue weighted by molar-refractivity contribution is 0.355. The molecule has 0 radical (unpaired) electrons. The molecule has 0 fully saturated rings. The summed E-state index contributed by atoms with van der Waals surface area (Å²) in [5, 5.41) is 1.01. The zero-order valence-electron chi connectivity index (χ0n) is 14.9. The molecule has 0 atom stereocenters. The van der Waals surface area contributed by atoms with Crippen molar-refractivity contribution in [2.75, 3.05) is 14.2 Å². The van der Waals surface area contributed by atoms with Crippen LogP contribution in [0.15, 0.2) is 12.1 Å². The molecular weight excluding hydrogens is 276 g/mol. The summed E-state index contributed by atoms with van der Waals surface area (Å²) in [7, 11) is 3.28. The molecule has 0 aliphatic heterocycles. The number of hydrogen-bond acceptors (Lipinski definition) is 4. The van der Waals surface area contributed by atoms with Gasteiger partial charge in [0.2, 0.25) is 0 Å². The van der Waals surface area contributed by atoms with Crippen LogP contribution in [0.2, 0.25) is 0 Å². The minimum atomic E-state index is 0.409. The Bertz CT molecular complexity index is 608. The highest BCUT2D eigenvalue weighted by Gasteiger charge is 2.15. The molecule has 0 aliphatic rings. The van der Waals surface area contributed by atoms with Crippen LogP contribution in [0.1, 0.15) is 58.0 Å². The fourth-order valence-electron chi connectivity index (χ4n) is 2.47. The third-order valence-corrected chi connectivity index (χ3v) is 3.76. The van der Waals surface area contributed by atoms with Crippen molar-refractivity contribution < 1.29 is 9.47 Å². The van der Waals surface area contributed by atoms with E-state index in [2.05, 4.69) is 18.8 Å². The summed E-state index contributed by atoms with van der Waals surface area (Å²) in [5.74, 6) is 2.74. The van der Waals surface area contributed by atoms with Crippen LogP contribution < -0.4 is 9.47 Å². The molecule has 1 aromatic carbocycles. The zero-order chi connectivity index (χ0) is 16.7. The summed E-state index contributed by atoms with van der Waals surface area (Å²) in [6, 6.07) is 3.87. The first-order valence-electron chi connectivity index (χ1n) is 8.04. The van der Waals surface area contributed by atoms with Crippen LogP contribution >= 0.6 is 0 Å². The molecule has 0 bridgehead atoms. The first-order chi connectivity index (χ1) is 10.6. The minimum absolute atomic E-state index is 0.409. The van der Waals surface area contributed by atoms with Crippen LogP contribution in [-0.4, -0.2) is 24.2 Å². The maximum atomic E-state index is 5.35. The highest BCUT2D eigenvalue weighted by atomic mass is 16.5. The number of aryl methyl sites for hydroxylation is 1. The normalized spacial score (nSPS) is 10.4. The van der Waals surface area contributed by atoms with Crippen molar-refractivity contribution in [1.29, 1.82) is 0 Å². The Morgan fingerprint density at radius 3 is 2.00 bits per heavy atom. The van der Waals surface area contributed by atoms with E-state index in [4.69, 9.17) is 14.5 Å². The van der Waals surface area contributed by atoms with Gasteiger partial charge in [-0.3, -0.25) is 0 Å². The quantitative estimate of drug-likeness (QED) is 0.789. The van der Waals surface area contributed by atoms with Crippen molar-refractivity contribution in [2.45, 2.75) is 53.4 Å². The molecule has 2 rings (SSSR count). The minimum Gasteiger partial charge on any atom is -0.493 e. The average molecular weight is 304 g/mol. The Balaban J connectivity index is 0.00000116. The lowest BCUT2D eigenvalue weighted by atomic mass is 10.0. The Labute approximate surface area is 133 Å². The number of fused-ring (bicyclic) bond motifs is 1. The Kier molecular flexibility index (Phi) is 7.09. The van der Waals surface area contributed by atoms with Gasteiger partial charge in [-0.2, -0.15) is 0 Å². The van der Waals surface area contributed by atoms with Gasteiger partial charge in [-0.15, -0.1) is 0 Å². The molecule has 0 spiro atoms. The maximum absolute atomic E-state index is 5.35. The van der Waals surface area contributed by atoms with Gasteiger partial charge in [-0.1, -0.05) is 27.7 Å². The molecule has 4 nitrogen and oxygen atoms in total. The predicted molar refractivity (Wildman–Crippen MR) is 92.1 cm³/mol. The van der Waals surface area contributed by atoms with Gasteiger partial charge in [0.1, 0.15) is 5.82 Å². The third-order valence-electron chi connectivity index (χ3n) is 3.76. The van der Waals surface area contributed by atoms with E-state index in [9.17, 15) is 0 Å². The number of benzene rings is 1. The zero-order valence-corrected chi connectivity index (χ0v) is 14.9. The molecule has 0 unspecified atom stereocenters. The first-order valence-corrected chi connectivity index (χ1v) is 8.04. The molecule has 1 aromatic heterocycles. The monoisotopic (exact) mass is 304 g/mol. The SMILES string of the molecule is CC.CCC(CC)c1nc(C)c2cc(OC)c(OC)cc2n1.